The fourth-order valence-corrected chi connectivity index (χ4v) is 4.10. The monoisotopic (exact) mass is 444 g/mol. The summed E-state index contributed by atoms with van der Waals surface area (Å²) in [5.41, 5.74) is 4.24. The van der Waals surface area contributed by atoms with Crippen molar-refractivity contribution in [2.75, 3.05) is 6.61 Å². The van der Waals surface area contributed by atoms with Gasteiger partial charge in [0.25, 0.3) is 5.56 Å². The molecule has 0 amide bonds. The highest BCUT2D eigenvalue weighted by Crippen LogP contribution is 2.30. The molecule has 0 saturated heterocycles. The number of benzene rings is 2. The van der Waals surface area contributed by atoms with Crippen LogP contribution in [0.1, 0.15) is 12.5 Å². The molecule has 3 aromatic heterocycles. The van der Waals surface area contributed by atoms with Gasteiger partial charge in [-0.05, 0) is 55.8 Å². The summed E-state index contributed by atoms with van der Waals surface area (Å²) in [6.07, 6.45) is 3.77. The maximum absolute atomic E-state index is 13.8. The number of fused-ring (bicyclic) bond motifs is 2. The Balaban J connectivity index is 1.84. The summed E-state index contributed by atoms with van der Waals surface area (Å²) < 4.78 is 9.14. The average molecular weight is 445 g/mol. The van der Waals surface area contributed by atoms with Crippen LogP contribution in [0.15, 0.2) is 65.7 Å². The largest absolute Gasteiger partial charge is 0.478 e. The number of nitrogens with zero attached hydrogens (tertiary/aromatic N) is 4. The first kappa shape index (κ1) is 20.3. The van der Waals surface area contributed by atoms with Crippen molar-refractivity contribution in [3.63, 3.8) is 0 Å². The van der Waals surface area contributed by atoms with Gasteiger partial charge < -0.3 is 4.74 Å². The minimum absolute atomic E-state index is 0.165. The van der Waals surface area contributed by atoms with Crippen molar-refractivity contribution in [1.29, 1.82) is 0 Å². The molecule has 6 nitrogen and oxygen atoms in total. The molecule has 0 aliphatic carbocycles. The van der Waals surface area contributed by atoms with E-state index in [1.807, 2.05) is 69.7 Å². The first-order chi connectivity index (χ1) is 15.4. The van der Waals surface area contributed by atoms with Crippen LogP contribution in [-0.2, 0) is 7.05 Å². The molecule has 0 atom stereocenters. The summed E-state index contributed by atoms with van der Waals surface area (Å²) in [5, 5.41) is 6.84. The van der Waals surface area contributed by atoms with Crippen LogP contribution >= 0.6 is 11.6 Å². The minimum Gasteiger partial charge on any atom is -0.478 e. The van der Waals surface area contributed by atoms with Gasteiger partial charge in [0.15, 0.2) is 0 Å². The van der Waals surface area contributed by atoms with E-state index in [1.54, 1.807) is 21.4 Å². The van der Waals surface area contributed by atoms with Gasteiger partial charge in [0.05, 0.1) is 23.2 Å². The molecule has 7 heteroatoms. The number of pyridine rings is 2. The maximum Gasteiger partial charge on any atom is 0.265 e. The molecule has 5 rings (SSSR count). The van der Waals surface area contributed by atoms with Gasteiger partial charge >= 0.3 is 0 Å². The van der Waals surface area contributed by atoms with Crippen LogP contribution in [0, 0.1) is 6.92 Å². The molecule has 3 heterocycles. The molecule has 0 unspecified atom stereocenters. The van der Waals surface area contributed by atoms with Crippen LogP contribution in [-0.4, -0.2) is 25.9 Å². The Bertz CT molecular complexity index is 1530. The zero-order valence-corrected chi connectivity index (χ0v) is 18.7. The second kappa shape index (κ2) is 7.80. The van der Waals surface area contributed by atoms with E-state index < -0.39 is 0 Å². The van der Waals surface area contributed by atoms with Crippen LogP contribution in [0.2, 0.25) is 5.02 Å². The zero-order chi connectivity index (χ0) is 22.4. The molecule has 2 aromatic carbocycles. The summed E-state index contributed by atoms with van der Waals surface area (Å²) in [6.45, 7) is 4.37. The van der Waals surface area contributed by atoms with Crippen LogP contribution in [0.4, 0.5) is 0 Å². The Kier molecular flexibility index (Phi) is 4.94. The summed E-state index contributed by atoms with van der Waals surface area (Å²) in [4.78, 5) is 18.5. The summed E-state index contributed by atoms with van der Waals surface area (Å²) in [5.74, 6) is 0.532. The van der Waals surface area contributed by atoms with E-state index in [1.165, 1.54) is 0 Å². The summed E-state index contributed by atoms with van der Waals surface area (Å²) in [6, 6.07) is 15.0. The number of ether oxygens (including phenoxy) is 1. The average Bonchev–Trinajstić information content (AvgIpc) is 3.14. The molecule has 32 heavy (non-hydrogen) atoms. The van der Waals surface area contributed by atoms with Crippen molar-refractivity contribution in [3.8, 4) is 22.7 Å². The van der Waals surface area contributed by atoms with Crippen molar-refractivity contribution < 1.29 is 4.74 Å². The van der Waals surface area contributed by atoms with Crippen molar-refractivity contribution in [3.05, 3.63) is 81.9 Å². The number of aryl methyl sites for hydroxylation is 2. The van der Waals surface area contributed by atoms with Crippen molar-refractivity contribution in [1.82, 2.24) is 19.3 Å². The van der Waals surface area contributed by atoms with Gasteiger partial charge in [0.1, 0.15) is 0 Å². The first-order valence-electron chi connectivity index (χ1n) is 10.3. The van der Waals surface area contributed by atoms with Gasteiger partial charge in [-0.15, -0.1) is 0 Å². The van der Waals surface area contributed by atoms with Crippen molar-refractivity contribution in [2.24, 2.45) is 7.05 Å². The summed E-state index contributed by atoms with van der Waals surface area (Å²) >= 11 is 6.10. The molecule has 0 spiro atoms. The Labute approximate surface area is 189 Å². The van der Waals surface area contributed by atoms with Crippen LogP contribution in [0.25, 0.3) is 38.6 Å². The molecule has 0 bridgehead atoms. The van der Waals surface area contributed by atoms with E-state index in [4.69, 9.17) is 21.3 Å². The Hall–Kier alpha value is -3.64. The lowest BCUT2D eigenvalue weighted by atomic mass is 10.0. The predicted octanol–water partition coefficient (Wildman–Crippen LogP) is 5.30. The topological polar surface area (TPSA) is 61.9 Å². The van der Waals surface area contributed by atoms with Crippen molar-refractivity contribution in [2.45, 2.75) is 13.8 Å². The molecule has 5 aromatic rings. The maximum atomic E-state index is 13.8. The highest BCUT2D eigenvalue weighted by Gasteiger charge is 2.17. The van der Waals surface area contributed by atoms with Gasteiger partial charge in [-0.1, -0.05) is 23.7 Å². The molecule has 0 aliphatic heterocycles. The molecular weight excluding hydrogens is 424 g/mol. The number of aromatic nitrogens is 4. The Morgan fingerprint density at radius 3 is 2.56 bits per heavy atom. The number of hydrogen-bond acceptors (Lipinski definition) is 4. The molecule has 0 aliphatic rings. The lowest BCUT2D eigenvalue weighted by molar-refractivity contribution is 0.325. The minimum atomic E-state index is -0.165. The molecular formula is C25H21ClN4O2. The second-order valence-corrected chi connectivity index (χ2v) is 8.15. The Morgan fingerprint density at radius 2 is 1.81 bits per heavy atom. The lowest BCUT2D eigenvalue weighted by Gasteiger charge is -2.14. The van der Waals surface area contributed by atoms with E-state index in [2.05, 4.69) is 5.10 Å². The predicted molar refractivity (Wildman–Crippen MR) is 128 cm³/mol. The third-order valence-corrected chi connectivity index (χ3v) is 5.68. The molecule has 160 valence electrons. The fraction of sp³-hybridized carbons (Fsp3) is 0.160. The van der Waals surface area contributed by atoms with Gasteiger partial charge in [-0.3, -0.25) is 14.0 Å². The molecule has 0 fully saturated rings. The van der Waals surface area contributed by atoms with Crippen LogP contribution in [0.5, 0.6) is 5.88 Å². The van der Waals surface area contributed by atoms with Gasteiger partial charge in [-0.25, -0.2) is 4.98 Å². The second-order valence-electron chi connectivity index (χ2n) is 7.71. The van der Waals surface area contributed by atoms with Crippen LogP contribution in [0.3, 0.4) is 0 Å². The molecule has 0 saturated carbocycles. The highest BCUT2D eigenvalue weighted by molar-refractivity contribution is 6.30. The van der Waals surface area contributed by atoms with Gasteiger partial charge in [0, 0.05) is 46.5 Å². The zero-order valence-electron chi connectivity index (χ0n) is 18.0. The Morgan fingerprint density at radius 1 is 1.03 bits per heavy atom. The summed E-state index contributed by atoms with van der Waals surface area (Å²) in [7, 11) is 1.88. The standard InChI is InChI=1S/C25H21ClN4O2/c1-4-32-24-15(2)11-18-14-30(20-9-10-21-17(12-20)13-29(3)28-21)25(31)22(23(18)27-24)16-5-7-19(26)8-6-16/h5-14H,4H2,1-3H3. The fourth-order valence-electron chi connectivity index (χ4n) is 3.97. The van der Waals surface area contributed by atoms with E-state index >= 15 is 0 Å². The highest BCUT2D eigenvalue weighted by atomic mass is 35.5. The molecule has 0 radical (unpaired) electrons. The van der Waals surface area contributed by atoms with E-state index in [-0.39, 0.29) is 5.56 Å². The van der Waals surface area contributed by atoms with Gasteiger partial charge in [0.2, 0.25) is 5.88 Å². The van der Waals surface area contributed by atoms with Crippen LogP contribution < -0.4 is 10.3 Å². The number of halogens is 1. The third-order valence-electron chi connectivity index (χ3n) is 5.43. The third kappa shape index (κ3) is 3.42. The normalized spacial score (nSPS) is 11.4. The SMILES string of the molecule is CCOc1nc2c(-c3ccc(Cl)cc3)c(=O)n(-c3ccc4nn(C)cc4c3)cc2cc1C. The first-order valence-corrected chi connectivity index (χ1v) is 10.7. The smallest absolute Gasteiger partial charge is 0.265 e. The van der Waals surface area contributed by atoms with E-state index in [0.29, 0.717) is 28.6 Å². The lowest BCUT2D eigenvalue weighted by Crippen LogP contribution is -2.20. The number of rotatable bonds is 4. The van der Waals surface area contributed by atoms with E-state index in [0.717, 1.165) is 33.1 Å². The number of hydrogen-bond donors (Lipinski definition) is 0. The van der Waals surface area contributed by atoms with E-state index in [9.17, 15) is 4.79 Å². The molecule has 0 N–H and O–H groups in total. The quantitative estimate of drug-likeness (QED) is 0.377. The van der Waals surface area contributed by atoms with Gasteiger partial charge in [-0.2, -0.15) is 5.10 Å². The van der Waals surface area contributed by atoms with Crippen molar-refractivity contribution >= 4 is 33.4 Å².